The van der Waals surface area contributed by atoms with E-state index in [0.717, 1.165) is 17.7 Å². The van der Waals surface area contributed by atoms with Gasteiger partial charge in [0.25, 0.3) is 5.91 Å². The zero-order valence-corrected chi connectivity index (χ0v) is 13.0. The Bertz CT molecular complexity index is 887. The third-order valence-electron chi connectivity index (χ3n) is 3.42. The Balaban J connectivity index is 1.67. The molecule has 3 rings (SSSR count). The first-order chi connectivity index (χ1) is 12.1. The molecule has 0 unspecified atom stereocenters. The van der Waals surface area contributed by atoms with Crippen molar-refractivity contribution in [1.82, 2.24) is 9.97 Å². The van der Waals surface area contributed by atoms with Crippen molar-refractivity contribution >= 4 is 17.3 Å². The van der Waals surface area contributed by atoms with Crippen LogP contribution in [0.1, 0.15) is 16.1 Å². The molecule has 0 aliphatic heterocycles. The monoisotopic (exact) mass is 340 g/mol. The normalized spacial score (nSPS) is 10.3. The van der Waals surface area contributed by atoms with E-state index in [1.165, 1.54) is 12.3 Å². The molecule has 0 bridgehead atoms. The van der Waals surface area contributed by atoms with Crippen LogP contribution < -0.4 is 10.6 Å². The second-order valence-corrected chi connectivity index (χ2v) is 5.22. The summed E-state index contributed by atoms with van der Waals surface area (Å²) in [5.74, 6) is -2.52. The summed E-state index contributed by atoms with van der Waals surface area (Å²) in [6.07, 6.45) is 4.89. The SMILES string of the molecule is O=C(Nc1ccc(F)c(F)c1)c1cc(NCc2ccncc2)ccn1. The summed E-state index contributed by atoms with van der Waals surface area (Å²) < 4.78 is 26.1. The molecule has 25 heavy (non-hydrogen) atoms. The first kappa shape index (κ1) is 16.5. The van der Waals surface area contributed by atoms with E-state index in [4.69, 9.17) is 0 Å². The maximum Gasteiger partial charge on any atom is 0.274 e. The van der Waals surface area contributed by atoms with Gasteiger partial charge in [-0.25, -0.2) is 8.78 Å². The van der Waals surface area contributed by atoms with Gasteiger partial charge in [0.15, 0.2) is 11.6 Å². The number of anilines is 2. The van der Waals surface area contributed by atoms with Crippen LogP contribution in [0.2, 0.25) is 0 Å². The molecule has 2 heterocycles. The molecular formula is C18H14F2N4O. The molecule has 0 spiro atoms. The van der Waals surface area contributed by atoms with Crippen molar-refractivity contribution < 1.29 is 13.6 Å². The van der Waals surface area contributed by atoms with Crippen molar-refractivity contribution in [2.24, 2.45) is 0 Å². The van der Waals surface area contributed by atoms with Gasteiger partial charge in [0.05, 0.1) is 0 Å². The Hall–Kier alpha value is -3.35. The molecule has 3 aromatic rings. The topological polar surface area (TPSA) is 66.9 Å². The van der Waals surface area contributed by atoms with E-state index in [1.807, 2.05) is 12.1 Å². The Labute approximate surface area is 142 Å². The first-order valence-electron chi connectivity index (χ1n) is 7.47. The van der Waals surface area contributed by atoms with E-state index in [9.17, 15) is 13.6 Å². The van der Waals surface area contributed by atoms with Crippen molar-refractivity contribution in [2.75, 3.05) is 10.6 Å². The van der Waals surface area contributed by atoms with Crippen molar-refractivity contribution in [3.05, 3.63) is 83.9 Å². The van der Waals surface area contributed by atoms with Crippen LogP contribution in [0, 0.1) is 11.6 Å². The van der Waals surface area contributed by atoms with Crippen LogP contribution in [-0.2, 0) is 6.54 Å². The van der Waals surface area contributed by atoms with Crippen molar-refractivity contribution in [3.63, 3.8) is 0 Å². The minimum absolute atomic E-state index is 0.154. The lowest BCUT2D eigenvalue weighted by molar-refractivity contribution is 0.102. The maximum absolute atomic E-state index is 13.2. The molecule has 0 atom stereocenters. The van der Waals surface area contributed by atoms with E-state index in [-0.39, 0.29) is 11.4 Å². The van der Waals surface area contributed by atoms with Crippen LogP contribution in [0.25, 0.3) is 0 Å². The number of pyridine rings is 2. The van der Waals surface area contributed by atoms with E-state index in [0.29, 0.717) is 12.2 Å². The molecule has 0 aliphatic carbocycles. The predicted molar refractivity (Wildman–Crippen MR) is 90.1 cm³/mol. The third kappa shape index (κ3) is 4.35. The molecule has 126 valence electrons. The second kappa shape index (κ2) is 7.48. The Kier molecular flexibility index (Phi) is 4.94. The van der Waals surface area contributed by atoms with E-state index >= 15 is 0 Å². The zero-order chi connectivity index (χ0) is 17.6. The van der Waals surface area contributed by atoms with Gasteiger partial charge in [0.1, 0.15) is 5.69 Å². The molecule has 5 nitrogen and oxygen atoms in total. The quantitative estimate of drug-likeness (QED) is 0.744. The van der Waals surface area contributed by atoms with Gasteiger partial charge < -0.3 is 10.6 Å². The minimum Gasteiger partial charge on any atom is -0.381 e. The third-order valence-corrected chi connectivity index (χ3v) is 3.42. The van der Waals surface area contributed by atoms with Gasteiger partial charge in [-0.2, -0.15) is 0 Å². The lowest BCUT2D eigenvalue weighted by Crippen LogP contribution is -2.14. The highest BCUT2D eigenvalue weighted by Gasteiger charge is 2.10. The smallest absolute Gasteiger partial charge is 0.274 e. The Morgan fingerprint density at radius 2 is 1.72 bits per heavy atom. The molecular weight excluding hydrogens is 326 g/mol. The number of amides is 1. The fourth-order valence-corrected chi connectivity index (χ4v) is 2.14. The van der Waals surface area contributed by atoms with Crippen LogP contribution in [0.15, 0.2) is 61.1 Å². The van der Waals surface area contributed by atoms with Gasteiger partial charge >= 0.3 is 0 Å². The number of carbonyl (C=O) groups is 1. The van der Waals surface area contributed by atoms with Crippen molar-refractivity contribution in [2.45, 2.75) is 6.54 Å². The van der Waals surface area contributed by atoms with E-state index < -0.39 is 17.5 Å². The van der Waals surface area contributed by atoms with Crippen LogP contribution in [0.3, 0.4) is 0 Å². The number of nitrogens with one attached hydrogen (secondary N) is 2. The van der Waals surface area contributed by atoms with Gasteiger partial charge in [-0.1, -0.05) is 0 Å². The number of rotatable bonds is 5. The molecule has 2 N–H and O–H groups in total. The van der Waals surface area contributed by atoms with Crippen LogP contribution in [-0.4, -0.2) is 15.9 Å². The Morgan fingerprint density at radius 3 is 2.48 bits per heavy atom. The summed E-state index contributed by atoms with van der Waals surface area (Å²) in [5, 5.41) is 5.66. The average Bonchev–Trinajstić information content (AvgIpc) is 2.64. The summed E-state index contributed by atoms with van der Waals surface area (Å²) in [5.41, 5.74) is 2.06. The standard InChI is InChI=1S/C18H14F2N4O/c19-15-2-1-14(9-16(15)20)24-18(25)17-10-13(5-8-22-17)23-11-12-3-6-21-7-4-12/h1-10H,11H2,(H,22,23)(H,24,25). The van der Waals surface area contributed by atoms with Crippen LogP contribution >= 0.6 is 0 Å². The highest BCUT2D eigenvalue weighted by molar-refractivity contribution is 6.03. The highest BCUT2D eigenvalue weighted by atomic mass is 19.2. The Morgan fingerprint density at radius 1 is 0.920 bits per heavy atom. The molecule has 2 aromatic heterocycles. The van der Waals surface area contributed by atoms with Crippen molar-refractivity contribution in [3.8, 4) is 0 Å². The van der Waals surface area contributed by atoms with Gasteiger partial charge in [-0.3, -0.25) is 14.8 Å². The average molecular weight is 340 g/mol. The number of hydrogen-bond donors (Lipinski definition) is 2. The number of nitrogens with zero attached hydrogens (tertiary/aromatic N) is 2. The predicted octanol–water partition coefficient (Wildman–Crippen LogP) is 3.62. The summed E-state index contributed by atoms with van der Waals surface area (Å²) in [6.45, 7) is 0.566. The van der Waals surface area contributed by atoms with E-state index in [2.05, 4.69) is 20.6 Å². The summed E-state index contributed by atoms with van der Waals surface area (Å²) in [4.78, 5) is 20.2. The maximum atomic E-state index is 13.2. The number of carbonyl (C=O) groups excluding carboxylic acids is 1. The molecule has 1 amide bonds. The minimum atomic E-state index is -1.03. The van der Waals surface area contributed by atoms with E-state index in [1.54, 1.807) is 24.5 Å². The van der Waals surface area contributed by atoms with Gasteiger partial charge in [-0.05, 0) is 42.0 Å². The molecule has 0 radical (unpaired) electrons. The molecule has 0 fully saturated rings. The molecule has 0 saturated carbocycles. The molecule has 1 aromatic carbocycles. The first-order valence-corrected chi connectivity index (χ1v) is 7.47. The van der Waals surface area contributed by atoms with Crippen LogP contribution in [0.4, 0.5) is 20.2 Å². The number of hydrogen-bond acceptors (Lipinski definition) is 4. The summed E-state index contributed by atoms with van der Waals surface area (Å²) in [7, 11) is 0. The number of aromatic nitrogens is 2. The van der Waals surface area contributed by atoms with Crippen LogP contribution in [0.5, 0.6) is 0 Å². The summed E-state index contributed by atoms with van der Waals surface area (Å²) >= 11 is 0. The van der Waals surface area contributed by atoms with Gasteiger partial charge in [0.2, 0.25) is 0 Å². The largest absolute Gasteiger partial charge is 0.381 e. The molecule has 7 heteroatoms. The zero-order valence-electron chi connectivity index (χ0n) is 13.0. The number of halogens is 2. The lowest BCUT2D eigenvalue weighted by Gasteiger charge is -2.09. The number of benzene rings is 1. The molecule has 0 aliphatic rings. The summed E-state index contributed by atoms with van der Waals surface area (Å²) in [6, 6.07) is 10.2. The van der Waals surface area contributed by atoms with Gasteiger partial charge in [0, 0.05) is 42.6 Å². The fraction of sp³-hybridized carbons (Fsp3) is 0.0556. The highest BCUT2D eigenvalue weighted by Crippen LogP contribution is 2.15. The van der Waals surface area contributed by atoms with Gasteiger partial charge in [-0.15, -0.1) is 0 Å². The molecule has 0 saturated heterocycles. The fourth-order valence-electron chi connectivity index (χ4n) is 2.14. The second-order valence-electron chi connectivity index (χ2n) is 5.22. The van der Waals surface area contributed by atoms with Crippen molar-refractivity contribution in [1.29, 1.82) is 0 Å². The lowest BCUT2D eigenvalue weighted by atomic mass is 10.2.